The summed E-state index contributed by atoms with van der Waals surface area (Å²) < 4.78 is 19.7. The number of halogens is 1. The largest absolute Gasteiger partial charge is 0.392 e. The number of carbonyl (C=O) groups is 1. The molecule has 116 valence electrons. The van der Waals surface area contributed by atoms with E-state index in [1.165, 1.54) is 0 Å². The molecule has 1 aliphatic rings. The van der Waals surface area contributed by atoms with Gasteiger partial charge in [-0.15, -0.1) is 0 Å². The Labute approximate surface area is 124 Å². The van der Waals surface area contributed by atoms with Gasteiger partial charge in [0.15, 0.2) is 0 Å². The Bertz CT molecular complexity index is 484. The van der Waals surface area contributed by atoms with Crippen LogP contribution in [0.4, 0.5) is 4.39 Å². The number of rotatable bonds is 5. The summed E-state index contributed by atoms with van der Waals surface area (Å²) in [4.78, 5) is 13.4. The fraction of sp³-hybridized carbons (Fsp3) is 0.562. The second kappa shape index (κ2) is 7.52. The third kappa shape index (κ3) is 4.02. The van der Waals surface area contributed by atoms with Crippen molar-refractivity contribution in [1.82, 2.24) is 4.90 Å². The highest BCUT2D eigenvalue weighted by molar-refractivity contribution is 5.75. The molecule has 1 aliphatic heterocycles. The van der Waals surface area contributed by atoms with E-state index in [9.17, 15) is 9.18 Å². The molecule has 4 nitrogen and oxygen atoms in total. The summed E-state index contributed by atoms with van der Waals surface area (Å²) in [6.45, 7) is 3.16. The molecule has 2 rings (SSSR count). The Kier molecular flexibility index (Phi) is 5.70. The third-order valence-electron chi connectivity index (χ3n) is 3.90. The minimum Gasteiger partial charge on any atom is -0.392 e. The van der Waals surface area contributed by atoms with Crippen molar-refractivity contribution in [3.05, 3.63) is 35.1 Å². The normalized spacial score (nSPS) is 16.2. The number of hydrogen-bond acceptors (Lipinski definition) is 3. The van der Waals surface area contributed by atoms with Crippen molar-refractivity contribution in [2.75, 3.05) is 13.1 Å². The molecule has 0 bridgehead atoms. The van der Waals surface area contributed by atoms with E-state index in [0.29, 0.717) is 30.6 Å². The highest BCUT2D eigenvalue weighted by Crippen LogP contribution is 2.19. The topological polar surface area (TPSA) is 49.8 Å². The molecule has 0 unspecified atom stereocenters. The van der Waals surface area contributed by atoms with Gasteiger partial charge < -0.3 is 14.7 Å². The van der Waals surface area contributed by atoms with E-state index < -0.39 is 5.82 Å². The maximum atomic E-state index is 13.9. The van der Waals surface area contributed by atoms with Gasteiger partial charge in [-0.05, 0) is 12.8 Å². The summed E-state index contributed by atoms with van der Waals surface area (Å²) in [5, 5.41) is 9.05. The number of carbonyl (C=O) groups excluding carboxylic acids is 1. The minimum atomic E-state index is -0.390. The second-order valence-electron chi connectivity index (χ2n) is 5.29. The van der Waals surface area contributed by atoms with Crippen molar-refractivity contribution in [1.29, 1.82) is 0 Å². The maximum Gasteiger partial charge on any atom is 0.222 e. The standard InChI is InChI=1S/C16H22FNO3/c1-2-15(20)18-8-6-14(7-9-18)21-11-13-5-3-4-12(10-19)16(13)17/h3-5,14,19H,2,6-11H2,1H3. The fourth-order valence-electron chi connectivity index (χ4n) is 2.57. The predicted octanol–water partition coefficient (Wildman–Crippen LogP) is 2.24. The van der Waals surface area contributed by atoms with Gasteiger partial charge in [0.2, 0.25) is 5.91 Å². The van der Waals surface area contributed by atoms with E-state index in [1.807, 2.05) is 11.8 Å². The molecule has 0 spiro atoms. The molecular weight excluding hydrogens is 273 g/mol. The van der Waals surface area contributed by atoms with Crippen LogP contribution in [0, 0.1) is 5.82 Å². The first-order chi connectivity index (χ1) is 10.2. The first-order valence-corrected chi connectivity index (χ1v) is 7.42. The van der Waals surface area contributed by atoms with Crippen LogP contribution in [-0.4, -0.2) is 35.1 Å². The fourth-order valence-corrected chi connectivity index (χ4v) is 2.57. The number of aliphatic hydroxyl groups is 1. The number of nitrogens with zero attached hydrogens (tertiary/aromatic N) is 1. The summed E-state index contributed by atoms with van der Waals surface area (Å²) in [7, 11) is 0. The lowest BCUT2D eigenvalue weighted by Crippen LogP contribution is -2.40. The highest BCUT2D eigenvalue weighted by atomic mass is 19.1. The van der Waals surface area contributed by atoms with Crippen LogP contribution in [0.1, 0.15) is 37.3 Å². The van der Waals surface area contributed by atoms with Crippen LogP contribution in [0.5, 0.6) is 0 Å². The zero-order valence-electron chi connectivity index (χ0n) is 12.3. The SMILES string of the molecule is CCC(=O)N1CCC(OCc2cccc(CO)c2F)CC1. The maximum absolute atomic E-state index is 13.9. The lowest BCUT2D eigenvalue weighted by atomic mass is 10.1. The van der Waals surface area contributed by atoms with E-state index >= 15 is 0 Å². The van der Waals surface area contributed by atoms with Crippen LogP contribution in [0.2, 0.25) is 0 Å². The quantitative estimate of drug-likeness (QED) is 0.906. The van der Waals surface area contributed by atoms with Crippen molar-refractivity contribution in [3.8, 4) is 0 Å². The molecule has 1 aromatic rings. The minimum absolute atomic E-state index is 0.0584. The molecule has 5 heteroatoms. The molecule has 0 radical (unpaired) electrons. The molecular formula is C16H22FNO3. The van der Waals surface area contributed by atoms with Gasteiger partial charge in [-0.2, -0.15) is 0 Å². The van der Waals surface area contributed by atoms with Crippen molar-refractivity contribution >= 4 is 5.91 Å². The van der Waals surface area contributed by atoms with Gasteiger partial charge in [-0.1, -0.05) is 25.1 Å². The second-order valence-corrected chi connectivity index (χ2v) is 5.29. The van der Waals surface area contributed by atoms with E-state index in [1.54, 1.807) is 18.2 Å². The smallest absolute Gasteiger partial charge is 0.222 e. The monoisotopic (exact) mass is 295 g/mol. The van der Waals surface area contributed by atoms with Gasteiger partial charge in [-0.3, -0.25) is 4.79 Å². The Balaban J connectivity index is 1.84. The number of amides is 1. The van der Waals surface area contributed by atoms with Crippen molar-refractivity contribution < 1.29 is 19.0 Å². The molecule has 1 amide bonds. The molecule has 0 aliphatic carbocycles. The molecule has 1 heterocycles. The van der Waals surface area contributed by atoms with Gasteiger partial charge in [0.25, 0.3) is 0 Å². The average molecular weight is 295 g/mol. The summed E-state index contributed by atoms with van der Waals surface area (Å²) in [6, 6.07) is 4.95. The van der Waals surface area contributed by atoms with Gasteiger partial charge >= 0.3 is 0 Å². The first-order valence-electron chi connectivity index (χ1n) is 7.42. The zero-order valence-corrected chi connectivity index (χ0v) is 12.3. The van der Waals surface area contributed by atoms with Crippen molar-refractivity contribution in [2.24, 2.45) is 0 Å². The average Bonchev–Trinajstić information content (AvgIpc) is 2.53. The number of benzene rings is 1. The van der Waals surface area contributed by atoms with Crippen LogP contribution < -0.4 is 0 Å². The number of hydrogen-bond donors (Lipinski definition) is 1. The number of piperidine rings is 1. The van der Waals surface area contributed by atoms with Gasteiger partial charge in [-0.25, -0.2) is 4.39 Å². The summed E-state index contributed by atoms with van der Waals surface area (Å²) in [6.07, 6.45) is 2.16. The van der Waals surface area contributed by atoms with E-state index in [2.05, 4.69) is 0 Å². The Morgan fingerprint density at radius 2 is 2.05 bits per heavy atom. The van der Waals surface area contributed by atoms with Crippen LogP contribution in [-0.2, 0) is 22.7 Å². The summed E-state index contributed by atoms with van der Waals surface area (Å²) >= 11 is 0. The number of ether oxygens (including phenoxy) is 1. The molecule has 21 heavy (non-hydrogen) atoms. The highest BCUT2D eigenvalue weighted by Gasteiger charge is 2.22. The zero-order chi connectivity index (χ0) is 15.2. The molecule has 1 saturated heterocycles. The van der Waals surface area contributed by atoms with Gasteiger partial charge in [0.05, 0.1) is 19.3 Å². The molecule has 1 aromatic carbocycles. The van der Waals surface area contributed by atoms with Crippen LogP contribution >= 0.6 is 0 Å². The first kappa shape index (κ1) is 15.9. The number of aliphatic hydroxyl groups excluding tert-OH is 1. The van der Waals surface area contributed by atoms with E-state index in [4.69, 9.17) is 9.84 Å². The lowest BCUT2D eigenvalue weighted by molar-refractivity contribution is -0.133. The van der Waals surface area contributed by atoms with Crippen molar-refractivity contribution in [3.63, 3.8) is 0 Å². The number of likely N-dealkylation sites (tertiary alicyclic amines) is 1. The van der Waals surface area contributed by atoms with E-state index in [0.717, 1.165) is 12.8 Å². The van der Waals surface area contributed by atoms with Crippen LogP contribution in [0.15, 0.2) is 18.2 Å². The molecule has 0 atom stereocenters. The summed E-state index contributed by atoms with van der Waals surface area (Å²) in [5.74, 6) is -0.214. The predicted molar refractivity (Wildman–Crippen MR) is 77.0 cm³/mol. The Morgan fingerprint density at radius 1 is 1.38 bits per heavy atom. The van der Waals surface area contributed by atoms with Crippen molar-refractivity contribution in [2.45, 2.75) is 45.5 Å². The van der Waals surface area contributed by atoms with Crippen LogP contribution in [0.25, 0.3) is 0 Å². The van der Waals surface area contributed by atoms with Crippen LogP contribution in [0.3, 0.4) is 0 Å². The van der Waals surface area contributed by atoms with Gasteiger partial charge in [0.1, 0.15) is 5.82 Å². The third-order valence-corrected chi connectivity index (χ3v) is 3.90. The molecule has 0 saturated carbocycles. The Hall–Kier alpha value is -1.46. The van der Waals surface area contributed by atoms with E-state index in [-0.39, 0.29) is 25.2 Å². The van der Waals surface area contributed by atoms with Gasteiger partial charge in [0, 0.05) is 30.6 Å². The molecule has 0 aromatic heterocycles. The molecule has 1 N–H and O–H groups in total. The lowest BCUT2D eigenvalue weighted by Gasteiger charge is -2.31. The molecule has 1 fully saturated rings. The summed E-state index contributed by atoms with van der Waals surface area (Å²) in [5.41, 5.74) is 0.757. The Morgan fingerprint density at radius 3 is 2.67 bits per heavy atom.